The number of nitriles is 1. The van der Waals surface area contributed by atoms with Gasteiger partial charge in [-0.15, -0.1) is 11.3 Å². The number of aryl methyl sites for hydroxylation is 1. The summed E-state index contributed by atoms with van der Waals surface area (Å²) < 4.78 is 41.1. The largest absolute Gasteiger partial charge is 0.393 e. The fourth-order valence-electron chi connectivity index (χ4n) is 8.54. The highest BCUT2D eigenvalue weighted by Crippen LogP contribution is 2.72. The molecule has 9 rings (SSSR count). The van der Waals surface area contributed by atoms with Crippen LogP contribution in [-0.4, -0.2) is 61.7 Å². The van der Waals surface area contributed by atoms with Crippen LogP contribution in [0.5, 0.6) is 0 Å². The van der Waals surface area contributed by atoms with Crippen LogP contribution in [0, 0.1) is 29.6 Å². The van der Waals surface area contributed by atoms with Crippen molar-refractivity contribution in [2.45, 2.75) is 95.2 Å². The molecule has 4 N–H and O–H groups in total. The number of aromatic nitrogens is 3. The molecule has 1 saturated heterocycles. The predicted molar refractivity (Wildman–Crippen MR) is 178 cm³/mol. The first-order valence-corrected chi connectivity index (χ1v) is 17.5. The maximum Gasteiger partial charge on any atom is 0.393 e. The van der Waals surface area contributed by atoms with Crippen LogP contribution in [0.2, 0.25) is 0 Å². The molecule has 1 aliphatic heterocycles. The minimum atomic E-state index is -4.26. The molecule has 0 unspecified atom stereocenters. The Morgan fingerprint density at radius 2 is 1.92 bits per heavy atom. The van der Waals surface area contributed by atoms with E-state index in [-0.39, 0.29) is 27.8 Å². The number of carbonyl (C=O) groups is 1. The van der Waals surface area contributed by atoms with E-state index < -0.39 is 18.1 Å². The lowest BCUT2D eigenvalue weighted by molar-refractivity contribution is -0.228. The van der Waals surface area contributed by atoms with Crippen molar-refractivity contribution in [3.8, 4) is 6.07 Å². The second kappa shape index (κ2) is 10.9. The van der Waals surface area contributed by atoms with E-state index in [2.05, 4.69) is 62.1 Å². The molecule has 5 fully saturated rings. The van der Waals surface area contributed by atoms with Gasteiger partial charge in [-0.2, -0.15) is 18.4 Å². The van der Waals surface area contributed by atoms with Crippen molar-refractivity contribution in [2.24, 2.45) is 17.1 Å². The van der Waals surface area contributed by atoms with Gasteiger partial charge in [-0.25, -0.2) is 9.97 Å². The molecular weight excluding hydrogens is 638 g/mol. The van der Waals surface area contributed by atoms with Crippen molar-refractivity contribution in [2.75, 3.05) is 18.4 Å². The Labute approximate surface area is 280 Å². The first-order chi connectivity index (χ1) is 22.8. The number of halogens is 3. The quantitative estimate of drug-likeness (QED) is 0.205. The van der Waals surface area contributed by atoms with Gasteiger partial charge in [0.2, 0.25) is 5.91 Å². The maximum absolute atomic E-state index is 13.0. The van der Waals surface area contributed by atoms with Gasteiger partial charge in [-0.05, 0) is 86.1 Å². The van der Waals surface area contributed by atoms with Gasteiger partial charge < -0.3 is 20.9 Å². The summed E-state index contributed by atoms with van der Waals surface area (Å²) in [5.41, 5.74) is 9.57. The molecule has 0 spiro atoms. The van der Waals surface area contributed by atoms with Crippen molar-refractivity contribution >= 4 is 44.2 Å². The summed E-state index contributed by atoms with van der Waals surface area (Å²) in [4.78, 5) is 24.4. The Hall–Kier alpha value is -3.73. The molecule has 9 nitrogen and oxygen atoms in total. The Kier molecular flexibility index (Phi) is 7.15. The number of anilines is 1. The van der Waals surface area contributed by atoms with E-state index in [4.69, 9.17) is 5.73 Å². The molecule has 2 bridgehead atoms. The monoisotopic (exact) mass is 676 g/mol. The van der Waals surface area contributed by atoms with Gasteiger partial charge in [-0.1, -0.05) is 13.0 Å². The maximum atomic E-state index is 13.0. The lowest BCUT2D eigenvalue weighted by atomic mass is 9.33. The summed E-state index contributed by atoms with van der Waals surface area (Å²) in [6.45, 7) is 7.67. The smallest absolute Gasteiger partial charge is 0.367 e. The number of thiophene rings is 1. The van der Waals surface area contributed by atoms with E-state index in [1.807, 2.05) is 6.07 Å². The second-order valence-corrected chi connectivity index (χ2v) is 16.0. The number of carbonyl (C=O) groups excluding carboxylic acids is 1. The zero-order valence-electron chi connectivity index (χ0n) is 27.1. The highest BCUT2D eigenvalue weighted by Gasteiger charge is 2.74. The zero-order chi connectivity index (χ0) is 33.6. The van der Waals surface area contributed by atoms with Crippen LogP contribution in [0.15, 0.2) is 30.6 Å². The number of benzene rings is 1. The number of rotatable bonds is 9. The summed E-state index contributed by atoms with van der Waals surface area (Å²) in [6.07, 6.45) is 1.32. The van der Waals surface area contributed by atoms with E-state index in [1.54, 1.807) is 6.07 Å². The summed E-state index contributed by atoms with van der Waals surface area (Å²) in [5, 5.41) is 18.6. The van der Waals surface area contributed by atoms with Gasteiger partial charge >= 0.3 is 6.18 Å². The highest BCUT2D eigenvalue weighted by molar-refractivity contribution is 7.18. The lowest BCUT2D eigenvalue weighted by Crippen LogP contribution is -2.82. The fourth-order valence-corrected chi connectivity index (χ4v) is 9.57. The highest BCUT2D eigenvalue weighted by atomic mass is 32.1. The first kappa shape index (κ1) is 31.5. The molecule has 1 aromatic carbocycles. The van der Waals surface area contributed by atoms with Crippen molar-refractivity contribution in [3.63, 3.8) is 0 Å². The van der Waals surface area contributed by atoms with Crippen molar-refractivity contribution in [1.82, 2.24) is 24.8 Å². The van der Waals surface area contributed by atoms with E-state index >= 15 is 0 Å². The number of nitrogens with two attached hydrogens (primary N) is 1. The number of likely N-dealkylation sites (tertiary alicyclic amines) is 1. The number of amides is 1. The number of piperidine rings is 1. The lowest BCUT2D eigenvalue weighted by Gasteiger charge is -2.76. The van der Waals surface area contributed by atoms with Crippen molar-refractivity contribution in [1.29, 1.82) is 5.26 Å². The summed E-state index contributed by atoms with van der Waals surface area (Å²) in [7, 11) is 0. The molecule has 4 saturated carbocycles. The third kappa shape index (κ3) is 5.24. The van der Waals surface area contributed by atoms with Crippen LogP contribution in [0.25, 0.3) is 21.1 Å². The number of fused-ring (bicyclic) bond motifs is 2. The molecule has 3 aromatic heterocycles. The molecule has 4 aromatic rings. The standard InChI is InChI=1S/C35H39F3N8OS/c1-20-22(15-45-9-5-23(6-10-45)43-29-27-12-25(13-35(36,37)38)48-30(27)42-19-41-29)3-4-28-26(20)11-24(14-39)46(28)18-32-16-34(17-32,21(32)2)44-31(47)33(40)7-8-33/h3-4,11-12,19,21,23H,5-10,13,15-18,40H2,1-2H3,(H,44,47)(H,41,42,43)/t21-,32?,34?/m0/s1. The van der Waals surface area contributed by atoms with Gasteiger partial charge in [-0.3, -0.25) is 9.69 Å². The van der Waals surface area contributed by atoms with Crippen LogP contribution in [0.4, 0.5) is 19.0 Å². The minimum absolute atomic E-state index is 0.0117. The fraction of sp³-hybridized carbons (Fsp3) is 0.543. The molecule has 1 atom stereocenters. The molecule has 13 heteroatoms. The van der Waals surface area contributed by atoms with E-state index in [0.29, 0.717) is 27.6 Å². The van der Waals surface area contributed by atoms with Crippen LogP contribution in [0.1, 0.15) is 67.1 Å². The third-order valence-electron chi connectivity index (χ3n) is 11.8. The van der Waals surface area contributed by atoms with Crippen LogP contribution in [0.3, 0.4) is 0 Å². The summed E-state index contributed by atoms with van der Waals surface area (Å²) in [6, 6.07) is 10.5. The van der Waals surface area contributed by atoms with Gasteiger partial charge in [0.15, 0.2) is 0 Å². The van der Waals surface area contributed by atoms with Gasteiger partial charge in [0, 0.05) is 53.5 Å². The number of nitrogens with zero attached hydrogens (tertiary/aromatic N) is 5. The molecular formula is C35H39F3N8OS. The molecule has 1 amide bonds. The average Bonchev–Trinajstić information content (AvgIpc) is 3.50. The molecule has 4 aliphatic carbocycles. The Bertz CT molecular complexity index is 1970. The van der Waals surface area contributed by atoms with Gasteiger partial charge in [0.25, 0.3) is 0 Å². The van der Waals surface area contributed by atoms with Crippen LogP contribution < -0.4 is 16.4 Å². The second-order valence-electron chi connectivity index (χ2n) is 14.9. The number of hydrogen-bond acceptors (Lipinski definition) is 8. The van der Waals surface area contributed by atoms with E-state index in [1.165, 1.54) is 17.5 Å². The molecule has 5 aliphatic rings. The first-order valence-electron chi connectivity index (χ1n) is 16.7. The Balaban J connectivity index is 0.911. The molecule has 252 valence electrons. The molecule has 4 heterocycles. The van der Waals surface area contributed by atoms with Gasteiger partial charge in [0.1, 0.15) is 28.7 Å². The topological polar surface area (TPSA) is 125 Å². The number of nitrogens with one attached hydrogen (secondary N) is 2. The van der Waals surface area contributed by atoms with E-state index in [0.717, 1.165) is 86.9 Å². The Morgan fingerprint density at radius 1 is 1.17 bits per heavy atom. The normalized spacial score (nSPS) is 26.6. The SMILES string of the molecule is Cc1c(CN2CCC(Nc3ncnc4sc(CC(F)(F)F)cc34)CC2)ccc2c1cc(C#N)n2CC12CC(NC(=O)C3(N)CC3)(C1)[C@H]2C. The van der Waals surface area contributed by atoms with Crippen LogP contribution in [-0.2, 0) is 24.3 Å². The van der Waals surface area contributed by atoms with Crippen molar-refractivity contribution < 1.29 is 18.0 Å². The number of alkyl halides is 3. The summed E-state index contributed by atoms with van der Waals surface area (Å²) >= 11 is 1.06. The summed E-state index contributed by atoms with van der Waals surface area (Å²) in [5.74, 6) is 0.913. The minimum Gasteiger partial charge on any atom is -0.367 e. The van der Waals surface area contributed by atoms with Crippen LogP contribution >= 0.6 is 11.3 Å². The zero-order valence-corrected chi connectivity index (χ0v) is 27.9. The van der Waals surface area contributed by atoms with E-state index in [9.17, 15) is 23.2 Å². The molecule has 0 radical (unpaired) electrons. The Morgan fingerprint density at radius 3 is 2.58 bits per heavy atom. The molecule has 48 heavy (non-hydrogen) atoms. The predicted octanol–water partition coefficient (Wildman–Crippen LogP) is 5.78. The third-order valence-corrected chi connectivity index (χ3v) is 12.9. The average molecular weight is 677 g/mol. The van der Waals surface area contributed by atoms with Gasteiger partial charge in [0.05, 0.1) is 17.3 Å². The number of hydrogen-bond donors (Lipinski definition) is 3. The van der Waals surface area contributed by atoms with Crippen molar-refractivity contribution in [3.05, 3.63) is 52.3 Å².